The molecule has 0 saturated heterocycles. The van der Waals surface area contributed by atoms with Gasteiger partial charge in [0.05, 0.1) is 18.4 Å². The molecule has 2 N–H and O–H groups in total. The zero-order chi connectivity index (χ0) is 11.6. The molecule has 1 fully saturated rings. The lowest BCUT2D eigenvalue weighted by atomic mass is 10.1. The van der Waals surface area contributed by atoms with Gasteiger partial charge in [0.25, 0.3) is 0 Å². The molecule has 5 nitrogen and oxygen atoms in total. The summed E-state index contributed by atoms with van der Waals surface area (Å²) in [6.45, 7) is 4.46. The fourth-order valence-electron chi connectivity index (χ4n) is 1.97. The van der Waals surface area contributed by atoms with Crippen molar-refractivity contribution in [3.05, 3.63) is 0 Å². The summed E-state index contributed by atoms with van der Waals surface area (Å²) < 4.78 is 4.79. The van der Waals surface area contributed by atoms with Gasteiger partial charge in [-0.3, -0.25) is 9.59 Å². The Hall–Kier alpha value is -1.10. The van der Waals surface area contributed by atoms with Crippen LogP contribution in [0.5, 0.6) is 0 Å². The summed E-state index contributed by atoms with van der Waals surface area (Å²) >= 11 is 0. The third kappa shape index (κ3) is 2.28. The van der Waals surface area contributed by atoms with Gasteiger partial charge < -0.3 is 15.2 Å². The van der Waals surface area contributed by atoms with Crippen molar-refractivity contribution in [2.45, 2.75) is 13.8 Å². The molecule has 0 aromatic carbocycles. The maximum absolute atomic E-state index is 11.6. The molecule has 0 unspecified atom stereocenters. The first kappa shape index (κ1) is 12.0. The van der Waals surface area contributed by atoms with Crippen LogP contribution in [0.25, 0.3) is 0 Å². The number of hydrogen-bond acceptors (Lipinski definition) is 3. The Kier molecular flexibility index (Phi) is 3.34. The number of ether oxygens (including phenoxy) is 1. The molecule has 0 heterocycles. The van der Waals surface area contributed by atoms with Crippen molar-refractivity contribution in [1.82, 2.24) is 5.32 Å². The largest absolute Gasteiger partial charge is 0.481 e. The molecule has 1 saturated carbocycles. The van der Waals surface area contributed by atoms with Crippen molar-refractivity contribution in [3.63, 3.8) is 0 Å². The summed E-state index contributed by atoms with van der Waals surface area (Å²) in [6.07, 6.45) is 0. The number of hydrogen-bond donors (Lipinski definition) is 2. The van der Waals surface area contributed by atoms with Gasteiger partial charge in [0.2, 0.25) is 5.91 Å². The van der Waals surface area contributed by atoms with Crippen LogP contribution >= 0.6 is 0 Å². The summed E-state index contributed by atoms with van der Waals surface area (Å²) in [4.78, 5) is 22.4. The molecule has 0 radical (unpaired) electrons. The zero-order valence-electron chi connectivity index (χ0n) is 9.24. The van der Waals surface area contributed by atoms with Crippen molar-refractivity contribution in [1.29, 1.82) is 0 Å². The third-order valence-electron chi connectivity index (χ3n) is 2.98. The van der Waals surface area contributed by atoms with Gasteiger partial charge >= 0.3 is 5.97 Å². The Balaban J connectivity index is 2.45. The Morgan fingerprint density at radius 2 is 2.00 bits per heavy atom. The van der Waals surface area contributed by atoms with E-state index in [1.54, 1.807) is 21.0 Å². The summed E-state index contributed by atoms with van der Waals surface area (Å²) in [7, 11) is 1.55. The maximum atomic E-state index is 11.6. The smallest absolute Gasteiger partial charge is 0.307 e. The molecule has 0 aromatic heterocycles. The average molecular weight is 215 g/mol. The van der Waals surface area contributed by atoms with E-state index >= 15 is 0 Å². The fraction of sp³-hybridized carbons (Fsp3) is 0.800. The highest BCUT2D eigenvalue weighted by molar-refractivity contribution is 5.91. The van der Waals surface area contributed by atoms with E-state index in [1.807, 2.05) is 0 Å². The van der Waals surface area contributed by atoms with Gasteiger partial charge in [-0.25, -0.2) is 0 Å². The van der Waals surface area contributed by atoms with E-state index in [-0.39, 0.29) is 5.91 Å². The molecule has 1 aliphatic carbocycles. The van der Waals surface area contributed by atoms with Crippen LogP contribution in [-0.2, 0) is 14.3 Å². The Morgan fingerprint density at radius 1 is 1.40 bits per heavy atom. The Labute approximate surface area is 88.8 Å². The van der Waals surface area contributed by atoms with E-state index in [1.165, 1.54) is 0 Å². The first-order valence-electron chi connectivity index (χ1n) is 4.92. The second-order valence-corrected chi connectivity index (χ2v) is 4.40. The fourth-order valence-corrected chi connectivity index (χ4v) is 1.97. The van der Waals surface area contributed by atoms with Gasteiger partial charge in [-0.2, -0.15) is 0 Å². The van der Waals surface area contributed by atoms with Crippen LogP contribution in [0, 0.1) is 17.3 Å². The first-order chi connectivity index (χ1) is 6.92. The second kappa shape index (κ2) is 4.18. The second-order valence-electron chi connectivity index (χ2n) is 4.40. The molecule has 86 valence electrons. The normalized spacial score (nSPS) is 27.1. The molecular formula is C10H17NO4. The summed E-state index contributed by atoms with van der Waals surface area (Å²) in [5.74, 6) is -2.05. The number of methoxy groups -OCH3 is 1. The number of nitrogens with one attached hydrogen (secondary N) is 1. The molecule has 0 aliphatic heterocycles. The van der Waals surface area contributed by atoms with Crippen molar-refractivity contribution >= 4 is 11.9 Å². The number of amides is 1. The monoisotopic (exact) mass is 215 g/mol. The molecule has 0 aromatic rings. The van der Waals surface area contributed by atoms with Crippen LogP contribution in [-0.4, -0.2) is 37.2 Å². The summed E-state index contributed by atoms with van der Waals surface area (Å²) in [5.41, 5.74) is -0.428. The van der Waals surface area contributed by atoms with E-state index in [2.05, 4.69) is 5.32 Å². The minimum Gasteiger partial charge on any atom is -0.481 e. The molecule has 1 rings (SSSR count). The lowest BCUT2D eigenvalue weighted by Gasteiger charge is -2.04. The van der Waals surface area contributed by atoms with Gasteiger partial charge in [0.1, 0.15) is 0 Å². The molecule has 2 atom stereocenters. The van der Waals surface area contributed by atoms with E-state index < -0.39 is 23.2 Å². The van der Waals surface area contributed by atoms with E-state index in [0.29, 0.717) is 13.2 Å². The highest BCUT2D eigenvalue weighted by Gasteiger charge is 2.65. The number of carboxylic acids is 1. The topological polar surface area (TPSA) is 75.6 Å². The van der Waals surface area contributed by atoms with Gasteiger partial charge in [0, 0.05) is 13.7 Å². The zero-order valence-corrected chi connectivity index (χ0v) is 9.24. The quantitative estimate of drug-likeness (QED) is 0.638. The number of aliphatic carboxylic acids is 1. The predicted molar refractivity (Wildman–Crippen MR) is 53.3 cm³/mol. The van der Waals surface area contributed by atoms with Gasteiger partial charge in [-0.1, -0.05) is 13.8 Å². The maximum Gasteiger partial charge on any atom is 0.307 e. The van der Waals surface area contributed by atoms with Gasteiger partial charge in [-0.15, -0.1) is 0 Å². The number of carbonyl (C=O) groups is 2. The molecule has 0 spiro atoms. The van der Waals surface area contributed by atoms with E-state index in [9.17, 15) is 9.59 Å². The number of rotatable bonds is 5. The molecule has 0 bridgehead atoms. The molecule has 5 heteroatoms. The number of carboxylic acid groups (broad SMARTS) is 1. The SMILES string of the molecule is COCCNC(=O)[C@H]1[C@@H](C(=O)O)C1(C)C. The third-order valence-corrected chi connectivity index (χ3v) is 2.98. The van der Waals surface area contributed by atoms with E-state index in [4.69, 9.17) is 9.84 Å². The summed E-state index contributed by atoms with van der Waals surface area (Å²) in [5, 5.41) is 11.5. The van der Waals surface area contributed by atoms with Crippen LogP contribution in [0.4, 0.5) is 0 Å². The van der Waals surface area contributed by atoms with Crippen LogP contribution in [0.3, 0.4) is 0 Å². The van der Waals surface area contributed by atoms with Crippen LogP contribution in [0.1, 0.15) is 13.8 Å². The Morgan fingerprint density at radius 3 is 2.40 bits per heavy atom. The lowest BCUT2D eigenvalue weighted by molar-refractivity contribution is -0.140. The molecular weight excluding hydrogens is 198 g/mol. The molecule has 1 amide bonds. The minimum atomic E-state index is -0.896. The first-order valence-corrected chi connectivity index (χ1v) is 4.92. The van der Waals surface area contributed by atoms with Crippen molar-refractivity contribution < 1.29 is 19.4 Å². The highest BCUT2D eigenvalue weighted by Crippen LogP contribution is 2.58. The summed E-state index contributed by atoms with van der Waals surface area (Å²) in [6, 6.07) is 0. The van der Waals surface area contributed by atoms with Crippen LogP contribution in [0.15, 0.2) is 0 Å². The van der Waals surface area contributed by atoms with Gasteiger partial charge in [-0.05, 0) is 5.41 Å². The van der Waals surface area contributed by atoms with E-state index in [0.717, 1.165) is 0 Å². The van der Waals surface area contributed by atoms with Crippen LogP contribution < -0.4 is 5.32 Å². The van der Waals surface area contributed by atoms with Gasteiger partial charge in [0.15, 0.2) is 0 Å². The Bertz CT molecular complexity index is 275. The molecule has 15 heavy (non-hydrogen) atoms. The van der Waals surface area contributed by atoms with Crippen molar-refractivity contribution in [3.8, 4) is 0 Å². The lowest BCUT2D eigenvalue weighted by Crippen LogP contribution is -2.30. The predicted octanol–water partition coefficient (Wildman–Crippen LogP) is 0.106. The minimum absolute atomic E-state index is 0.190. The average Bonchev–Trinajstić information content (AvgIpc) is 2.69. The molecule has 1 aliphatic rings. The van der Waals surface area contributed by atoms with Crippen molar-refractivity contribution in [2.75, 3.05) is 20.3 Å². The highest BCUT2D eigenvalue weighted by atomic mass is 16.5. The standard InChI is InChI=1S/C10H17NO4/c1-10(2)6(7(10)9(13)14)8(12)11-4-5-15-3/h6-7H,4-5H2,1-3H3,(H,11,12)(H,13,14)/t6-,7+/m1/s1. The number of carbonyl (C=O) groups excluding carboxylic acids is 1. The van der Waals surface area contributed by atoms with Crippen molar-refractivity contribution in [2.24, 2.45) is 17.3 Å². The van der Waals surface area contributed by atoms with Crippen LogP contribution in [0.2, 0.25) is 0 Å².